The van der Waals surface area contributed by atoms with Gasteiger partial charge < -0.3 is 5.32 Å². The standard InChI is InChI=1S/C11H12FN3O2/c1-11(2)10(17)15(6-9(16)14-11)8-3-7(12)4-13-5-8/h3-5H,6H2,1-2H3,(H,14,16). The minimum absolute atomic E-state index is 0.118. The fourth-order valence-electron chi connectivity index (χ4n) is 1.75. The van der Waals surface area contributed by atoms with Gasteiger partial charge in [0.1, 0.15) is 17.9 Å². The van der Waals surface area contributed by atoms with Gasteiger partial charge in [-0.1, -0.05) is 0 Å². The molecule has 90 valence electrons. The molecule has 0 spiro atoms. The summed E-state index contributed by atoms with van der Waals surface area (Å²) in [6.07, 6.45) is 2.40. The number of rotatable bonds is 1. The van der Waals surface area contributed by atoms with Crippen molar-refractivity contribution in [3.63, 3.8) is 0 Å². The molecule has 2 amide bonds. The molecule has 6 heteroatoms. The summed E-state index contributed by atoms with van der Waals surface area (Å²) < 4.78 is 13.0. The quantitative estimate of drug-likeness (QED) is 0.772. The third kappa shape index (κ3) is 2.11. The summed E-state index contributed by atoms with van der Waals surface area (Å²) >= 11 is 0. The van der Waals surface area contributed by atoms with Crippen molar-refractivity contribution in [1.82, 2.24) is 10.3 Å². The monoisotopic (exact) mass is 237 g/mol. The van der Waals surface area contributed by atoms with Crippen molar-refractivity contribution >= 4 is 17.5 Å². The molecule has 0 unspecified atom stereocenters. The van der Waals surface area contributed by atoms with E-state index in [0.29, 0.717) is 0 Å². The molecule has 1 N–H and O–H groups in total. The summed E-state index contributed by atoms with van der Waals surface area (Å²) in [6.45, 7) is 3.09. The van der Waals surface area contributed by atoms with Gasteiger partial charge >= 0.3 is 0 Å². The smallest absolute Gasteiger partial charge is 0.252 e. The van der Waals surface area contributed by atoms with Crippen LogP contribution in [0.15, 0.2) is 18.5 Å². The molecule has 5 nitrogen and oxygen atoms in total. The fraction of sp³-hybridized carbons (Fsp3) is 0.364. The average Bonchev–Trinajstić information content (AvgIpc) is 2.22. The van der Waals surface area contributed by atoms with Crippen LogP contribution in [0, 0.1) is 5.82 Å². The van der Waals surface area contributed by atoms with Gasteiger partial charge in [0, 0.05) is 6.07 Å². The van der Waals surface area contributed by atoms with E-state index in [1.165, 1.54) is 17.2 Å². The van der Waals surface area contributed by atoms with E-state index in [9.17, 15) is 14.0 Å². The zero-order valence-electron chi connectivity index (χ0n) is 9.53. The van der Waals surface area contributed by atoms with E-state index in [0.717, 1.165) is 6.20 Å². The molecule has 0 bridgehead atoms. The Labute approximate surface area is 97.6 Å². The first kappa shape index (κ1) is 11.5. The van der Waals surface area contributed by atoms with Gasteiger partial charge in [0.15, 0.2) is 0 Å². The Kier molecular flexibility index (Phi) is 2.57. The Morgan fingerprint density at radius 2 is 2.12 bits per heavy atom. The second-order valence-electron chi connectivity index (χ2n) is 4.43. The van der Waals surface area contributed by atoms with Gasteiger partial charge in [-0.05, 0) is 13.8 Å². The van der Waals surface area contributed by atoms with Gasteiger partial charge in [-0.25, -0.2) is 4.39 Å². The summed E-state index contributed by atoms with van der Waals surface area (Å²) in [5.41, 5.74) is -0.695. The number of pyridine rings is 1. The maximum Gasteiger partial charge on any atom is 0.252 e. The predicted octanol–water partition coefficient (Wildman–Crippen LogP) is 0.462. The molecule has 1 aliphatic heterocycles. The lowest BCUT2D eigenvalue weighted by Gasteiger charge is -2.37. The van der Waals surface area contributed by atoms with Gasteiger partial charge in [-0.15, -0.1) is 0 Å². The van der Waals surface area contributed by atoms with Crippen molar-refractivity contribution in [3.05, 3.63) is 24.3 Å². The van der Waals surface area contributed by atoms with E-state index in [1.807, 2.05) is 0 Å². The Balaban J connectivity index is 2.38. The number of nitrogens with zero attached hydrogens (tertiary/aromatic N) is 2. The molecule has 0 saturated carbocycles. The molecule has 1 saturated heterocycles. The molecule has 2 rings (SSSR count). The first-order chi connectivity index (χ1) is 7.90. The van der Waals surface area contributed by atoms with E-state index >= 15 is 0 Å². The molecule has 0 radical (unpaired) electrons. The molecule has 1 aliphatic rings. The number of hydrogen-bond donors (Lipinski definition) is 1. The number of piperazine rings is 1. The van der Waals surface area contributed by atoms with Crippen LogP contribution in [0.4, 0.5) is 10.1 Å². The van der Waals surface area contributed by atoms with Crippen molar-refractivity contribution in [2.75, 3.05) is 11.4 Å². The van der Waals surface area contributed by atoms with Crippen LogP contribution in [0.2, 0.25) is 0 Å². The third-order valence-electron chi connectivity index (χ3n) is 2.54. The lowest BCUT2D eigenvalue weighted by Crippen LogP contribution is -2.64. The number of amides is 2. The van der Waals surface area contributed by atoms with Crippen molar-refractivity contribution in [2.45, 2.75) is 19.4 Å². The van der Waals surface area contributed by atoms with Crippen LogP contribution in [0.5, 0.6) is 0 Å². The van der Waals surface area contributed by atoms with Crippen LogP contribution in [-0.2, 0) is 9.59 Å². The molecule has 0 aromatic carbocycles. The van der Waals surface area contributed by atoms with Crippen LogP contribution in [0.3, 0.4) is 0 Å². The third-order valence-corrected chi connectivity index (χ3v) is 2.54. The van der Waals surface area contributed by atoms with Crippen LogP contribution in [0.1, 0.15) is 13.8 Å². The molecule has 1 fully saturated rings. The summed E-state index contributed by atoms with van der Waals surface area (Å²) in [5.74, 6) is -1.11. The Hall–Kier alpha value is -1.98. The highest BCUT2D eigenvalue weighted by molar-refractivity contribution is 6.08. The highest BCUT2D eigenvalue weighted by atomic mass is 19.1. The fourth-order valence-corrected chi connectivity index (χ4v) is 1.75. The zero-order chi connectivity index (χ0) is 12.6. The maximum atomic E-state index is 13.0. The normalized spacial score (nSPS) is 19.1. The highest BCUT2D eigenvalue weighted by Crippen LogP contribution is 2.21. The van der Waals surface area contributed by atoms with Crippen LogP contribution < -0.4 is 10.2 Å². The number of carbonyl (C=O) groups excluding carboxylic acids is 2. The molecule has 1 aromatic rings. The molecule has 0 atom stereocenters. The second kappa shape index (κ2) is 3.80. The topological polar surface area (TPSA) is 62.3 Å². The van der Waals surface area contributed by atoms with Gasteiger partial charge in [0.05, 0.1) is 18.1 Å². The first-order valence-electron chi connectivity index (χ1n) is 5.14. The highest BCUT2D eigenvalue weighted by Gasteiger charge is 2.39. The van der Waals surface area contributed by atoms with Crippen LogP contribution >= 0.6 is 0 Å². The van der Waals surface area contributed by atoms with E-state index < -0.39 is 11.4 Å². The van der Waals surface area contributed by atoms with E-state index in [2.05, 4.69) is 10.3 Å². The lowest BCUT2D eigenvalue weighted by molar-refractivity contribution is -0.134. The molecule has 1 aromatic heterocycles. The summed E-state index contributed by atoms with van der Waals surface area (Å²) in [6, 6.07) is 1.18. The second-order valence-corrected chi connectivity index (χ2v) is 4.43. The summed E-state index contributed by atoms with van der Waals surface area (Å²) in [4.78, 5) is 28.4. The Morgan fingerprint density at radius 1 is 1.41 bits per heavy atom. The molecule has 17 heavy (non-hydrogen) atoms. The molecule has 2 heterocycles. The summed E-state index contributed by atoms with van der Waals surface area (Å²) in [7, 11) is 0. The number of hydrogen-bond acceptors (Lipinski definition) is 3. The van der Waals surface area contributed by atoms with Gasteiger partial charge in [0.2, 0.25) is 5.91 Å². The molecular weight excluding hydrogens is 225 g/mol. The van der Waals surface area contributed by atoms with Gasteiger partial charge in [-0.2, -0.15) is 0 Å². The number of carbonyl (C=O) groups is 2. The van der Waals surface area contributed by atoms with E-state index in [4.69, 9.17) is 0 Å². The SMILES string of the molecule is CC1(C)NC(=O)CN(c2cncc(F)c2)C1=O. The van der Waals surface area contributed by atoms with Crippen LogP contribution in [-0.4, -0.2) is 28.9 Å². The van der Waals surface area contributed by atoms with Crippen molar-refractivity contribution in [3.8, 4) is 0 Å². The molecule has 0 aliphatic carbocycles. The summed E-state index contributed by atoms with van der Waals surface area (Å²) in [5, 5.41) is 2.58. The minimum Gasteiger partial charge on any atom is -0.341 e. The number of anilines is 1. The number of aromatic nitrogens is 1. The lowest BCUT2D eigenvalue weighted by atomic mass is 10.00. The van der Waals surface area contributed by atoms with Crippen molar-refractivity contribution < 1.29 is 14.0 Å². The first-order valence-corrected chi connectivity index (χ1v) is 5.14. The van der Waals surface area contributed by atoms with Gasteiger partial charge in [-0.3, -0.25) is 19.5 Å². The number of nitrogens with one attached hydrogen (secondary N) is 1. The average molecular weight is 237 g/mol. The zero-order valence-corrected chi connectivity index (χ0v) is 9.53. The predicted molar refractivity (Wildman–Crippen MR) is 58.8 cm³/mol. The largest absolute Gasteiger partial charge is 0.341 e. The molecular formula is C11H12FN3O2. The number of halogens is 1. The maximum absolute atomic E-state index is 13.0. The van der Waals surface area contributed by atoms with Gasteiger partial charge in [0.25, 0.3) is 5.91 Å². The van der Waals surface area contributed by atoms with Crippen molar-refractivity contribution in [1.29, 1.82) is 0 Å². The van der Waals surface area contributed by atoms with Crippen LogP contribution in [0.25, 0.3) is 0 Å². The Bertz CT molecular complexity index is 487. The van der Waals surface area contributed by atoms with E-state index in [-0.39, 0.29) is 24.0 Å². The Morgan fingerprint density at radius 3 is 2.76 bits per heavy atom. The minimum atomic E-state index is -0.984. The van der Waals surface area contributed by atoms with Crippen molar-refractivity contribution in [2.24, 2.45) is 0 Å². The van der Waals surface area contributed by atoms with E-state index in [1.54, 1.807) is 13.8 Å².